The molecule has 8 heteroatoms. The van der Waals surface area contributed by atoms with E-state index in [2.05, 4.69) is 15.1 Å². The molecule has 0 fully saturated rings. The molecule has 0 aliphatic heterocycles. The van der Waals surface area contributed by atoms with Crippen LogP contribution < -0.4 is 5.73 Å². The average molecular weight is 308 g/mol. The minimum atomic E-state index is -0.404. The number of nitrogens with zero attached hydrogens (tertiary/aromatic N) is 4. The summed E-state index contributed by atoms with van der Waals surface area (Å²) < 4.78 is 6.38. The molecule has 2 heterocycles. The second-order valence-corrected chi connectivity index (χ2v) is 4.48. The van der Waals surface area contributed by atoms with E-state index in [0.717, 1.165) is 11.3 Å². The molecule has 2 rings (SSSR count). The summed E-state index contributed by atoms with van der Waals surface area (Å²) in [6, 6.07) is 1.55. The number of halogens is 1. The van der Waals surface area contributed by atoms with Gasteiger partial charge in [-0.2, -0.15) is 10.1 Å². The van der Waals surface area contributed by atoms with Crippen molar-refractivity contribution in [1.82, 2.24) is 19.7 Å². The highest BCUT2D eigenvalue weighted by Crippen LogP contribution is 2.17. The lowest BCUT2D eigenvalue weighted by Crippen LogP contribution is -2.05. The van der Waals surface area contributed by atoms with Gasteiger partial charge in [0, 0.05) is 17.7 Å². The number of nitrogens with two attached hydrogens (primary N) is 1. The maximum absolute atomic E-state index is 11.3. The molecule has 0 aromatic carbocycles. The van der Waals surface area contributed by atoms with Crippen LogP contribution in [0.1, 0.15) is 18.2 Å². The lowest BCUT2D eigenvalue weighted by molar-refractivity contribution is -0.137. The molecule has 0 amide bonds. The van der Waals surface area contributed by atoms with Crippen molar-refractivity contribution in [2.45, 2.75) is 13.8 Å². The molecule has 2 N–H and O–H groups in total. The number of esters is 1. The topological polar surface area (TPSA) is 95.9 Å². The predicted octanol–water partition coefficient (Wildman–Crippen LogP) is 1.78. The zero-order valence-corrected chi connectivity index (χ0v) is 12.3. The molecule has 2 aromatic rings. The predicted molar refractivity (Wildman–Crippen MR) is 79.0 cm³/mol. The number of carbonyl (C=O) groups excluding carboxylic acids is 1. The third kappa shape index (κ3) is 3.57. The van der Waals surface area contributed by atoms with Gasteiger partial charge in [-0.1, -0.05) is 11.6 Å². The number of nitrogen functional groups attached to an aromatic ring is 1. The van der Waals surface area contributed by atoms with Crippen molar-refractivity contribution in [2.24, 2.45) is 0 Å². The van der Waals surface area contributed by atoms with Gasteiger partial charge in [0.25, 0.3) is 0 Å². The third-order valence-electron chi connectivity index (χ3n) is 2.65. The van der Waals surface area contributed by atoms with Crippen LogP contribution in [0.4, 0.5) is 5.95 Å². The first-order valence-corrected chi connectivity index (χ1v) is 6.59. The number of rotatable bonds is 4. The van der Waals surface area contributed by atoms with Crippen molar-refractivity contribution >= 4 is 29.6 Å². The van der Waals surface area contributed by atoms with Crippen LogP contribution in [-0.2, 0) is 9.53 Å². The fraction of sp³-hybridized carbons (Fsp3) is 0.231. The lowest BCUT2D eigenvalue weighted by Gasteiger charge is -2.04. The monoisotopic (exact) mass is 307 g/mol. The molecular weight excluding hydrogens is 294 g/mol. The van der Waals surface area contributed by atoms with Gasteiger partial charge in [0.05, 0.1) is 18.5 Å². The minimum absolute atomic E-state index is 0.0658. The number of ether oxygens (including phenoxy) is 1. The van der Waals surface area contributed by atoms with Gasteiger partial charge in [-0.05, 0) is 19.9 Å². The van der Waals surface area contributed by atoms with Crippen LogP contribution in [0, 0.1) is 6.92 Å². The molecule has 7 nitrogen and oxygen atoms in total. The highest BCUT2D eigenvalue weighted by Gasteiger charge is 2.09. The smallest absolute Gasteiger partial charge is 0.330 e. The Morgan fingerprint density at radius 2 is 2.29 bits per heavy atom. The Hall–Kier alpha value is -2.41. The molecular formula is C13H14ClN5O2. The highest BCUT2D eigenvalue weighted by atomic mass is 35.5. The van der Waals surface area contributed by atoms with E-state index >= 15 is 0 Å². The molecule has 0 unspecified atom stereocenters. The van der Waals surface area contributed by atoms with Crippen molar-refractivity contribution in [3.8, 4) is 5.82 Å². The fourth-order valence-electron chi connectivity index (χ4n) is 1.70. The fourth-order valence-corrected chi connectivity index (χ4v) is 1.88. The summed E-state index contributed by atoms with van der Waals surface area (Å²) in [6.45, 7) is 3.92. The Bertz CT molecular complexity index is 676. The number of anilines is 1. The van der Waals surface area contributed by atoms with Gasteiger partial charge in [0.15, 0.2) is 5.82 Å². The highest BCUT2D eigenvalue weighted by molar-refractivity contribution is 6.29. The molecule has 0 aliphatic rings. The summed E-state index contributed by atoms with van der Waals surface area (Å²) in [6.07, 6.45) is 4.58. The van der Waals surface area contributed by atoms with Crippen LogP contribution in [0.25, 0.3) is 11.9 Å². The number of aromatic nitrogens is 4. The first-order valence-electron chi connectivity index (χ1n) is 6.21. The van der Waals surface area contributed by atoms with E-state index in [-0.39, 0.29) is 11.1 Å². The second-order valence-electron chi connectivity index (χ2n) is 4.09. The van der Waals surface area contributed by atoms with Gasteiger partial charge in [-0.15, -0.1) is 0 Å². The Morgan fingerprint density at radius 3 is 2.95 bits per heavy atom. The van der Waals surface area contributed by atoms with E-state index in [4.69, 9.17) is 22.1 Å². The quantitative estimate of drug-likeness (QED) is 0.525. The summed E-state index contributed by atoms with van der Waals surface area (Å²) >= 11 is 5.85. The van der Waals surface area contributed by atoms with Crippen LogP contribution in [0.5, 0.6) is 0 Å². The summed E-state index contributed by atoms with van der Waals surface area (Å²) in [5.74, 6) is 0.121. The Labute approximate surface area is 126 Å². The van der Waals surface area contributed by atoms with Crippen molar-refractivity contribution in [3.05, 3.63) is 34.7 Å². The van der Waals surface area contributed by atoms with E-state index in [0.29, 0.717) is 12.4 Å². The van der Waals surface area contributed by atoms with Crippen LogP contribution >= 0.6 is 11.6 Å². The second kappa shape index (κ2) is 6.36. The van der Waals surface area contributed by atoms with Crippen molar-refractivity contribution in [2.75, 3.05) is 12.3 Å². The summed E-state index contributed by atoms with van der Waals surface area (Å²) in [5, 5.41) is 4.43. The Kier molecular flexibility index (Phi) is 4.54. The van der Waals surface area contributed by atoms with E-state index < -0.39 is 5.97 Å². The van der Waals surface area contributed by atoms with Gasteiger partial charge in [-0.25, -0.2) is 14.5 Å². The van der Waals surface area contributed by atoms with Crippen molar-refractivity contribution in [3.63, 3.8) is 0 Å². The van der Waals surface area contributed by atoms with Crippen molar-refractivity contribution in [1.29, 1.82) is 0 Å². The summed E-state index contributed by atoms with van der Waals surface area (Å²) in [4.78, 5) is 19.2. The van der Waals surface area contributed by atoms with Gasteiger partial charge >= 0.3 is 5.97 Å². The normalized spacial score (nSPS) is 11.0. The van der Waals surface area contributed by atoms with Crippen LogP contribution in [-0.4, -0.2) is 32.3 Å². The molecule has 2 aromatic heterocycles. The standard InChI is InChI=1S/C13H14ClN5O2/c1-3-21-12(20)5-4-9-7-16-19(8(9)2)11-6-10(14)17-13(15)18-11/h4-7H,3H2,1-2H3,(H2,15,17,18). The van der Waals surface area contributed by atoms with E-state index in [1.54, 1.807) is 29.9 Å². The molecule has 110 valence electrons. The maximum atomic E-state index is 11.3. The molecule has 0 atom stereocenters. The van der Waals surface area contributed by atoms with Crippen molar-refractivity contribution < 1.29 is 9.53 Å². The number of carbonyl (C=O) groups is 1. The molecule has 0 aliphatic carbocycles. The minimum Gasteiger partial charge on any atom is -0.463 e. The molecule has 0 saturated carbocycles. The van der Waals surface area contributed by atoms with Gasteiger partial charge in [0.2, 0.25) is 5.95 Å². The molecule has 0 spiro atoms. The van der Waals surface area contributed by atoms with Crippen LogP contribution in [0.3, 0.4) is 0 Å². The van der Waals surface area contributed by atoms with Gasteiger partial charge in [0.1, 0.15) is 5.15 Å². The zero-order valence-electron chi connectivity index (χ0n) is 11.6. The maximum Gasteiger partial charge on any atom is 0.330 e. The van der Waals surface area contributed by atoms with E-state index in [9.17, 15) is 4.79 Å². The Balaban J connectivity index is 2.30. The van der Waals surface area contributed by atoms with Crippen LogP contribution in [0.2, 0.25) is 5.15 Å². The molecule has 0 bridgehead atoms. The third-order valence-corrected chi connectivity index (χ3v) is 2.84. The largest absolute Gasteiger partial charge is 0.463 e. The lowest BCUT2D eigenvalue weighted by atomic mass is 10.2. The average Bonchev–Trinajstić information content (AvgIpc) is 2.77. The number of hydrogen-bond acceptors (Lipinski definition) is 6. The molecule has 21 heavy (non-hydrogen) atoms. The summed E-state index contributed by atoms with van der Waals surface area (Å²) in [5.41, 5.74) is 7.11. The van der Waals surface area contributed by atoms with Gasteiger partial charge < -0.3 is 10.5 Å². The summed E-state index contributed by atoms with van der Waals surface area (Å²) in [7, 11) is 0. The zero-order chi connectivity index (χ0) is 15.4. The first kappa shape index (κ1) is 15.0. The van der Waals surface area contributed by atoms with Crippen LogP contribution in [0.15, 0.2) is 18.3 Å². The SMILES string of the molecule is CCOC(=O)C=Cc1cnn(-c2cc(Cl)nc(N)n2)c1C. The van der Waals surface area contributed by atoms with E-state index in [1.807, 2.05) is 6.92 Å². The Morgan fingerprint density at radius 1 is 1.52 bits per heavy atom. The first-order chi connectivity index (χ1) is 10.0. The number of hydrogen-bond donors (Lipinski definition) is 1. The van der Waals surface area contributed by atoms with E-state index in [1.165, 1.54) is 6.08 Å². The molecule has 0 radical (unpaired) electrons. The van der Waals surface area contributed by atoms with Gasteiger partial charge in [-0.3, -0.25) is 0 Å². The molecule has 0 saturated heterocycles.